The molecule has 1 fully saturated rings. The van der Waals surface area contributed by atoms with Crippen molar-refractivity contribution in [2.75, 3.05) is 43.9 Å². The molecule has 2 rings (SSSR count). The fourth-order valence-corrected chi connectivity index (χ4v) is 2.17. The zero-order valence-electron chi connectivity index (χ0n) is 11.4. The quantitative estimate of drug-likeness (QED) is 0.604. The van der Waals surface area contributed by atoms with Crippen LogP contribution in [0.25, 0.3) is 0 Å². The minimum absolute atomic E-state index is 0.0288. The molecule has 20 heavy (non-hydrogen) atoms. The number of pyridine rings is 1. The molecule has 1 aromatic heterocycles. The van der Waals surface area contributed by atoms with Crippen LogP contribution in [-0.4, -0.2) is 53.7 Å². The second kappa shape index (κ2) is 6.49. The van der Waals surface area contributed by atoms with Crippen molar-refractivity contribution in [3.8, 4) is 0 Å². The fourth-order valence-electron chi connectivity index (χ4n) is 2.17. The van der Waals surface area contributed by atoms with E-state index in [0.717, 1.165) is 32.8 Å². The lowest BCUT2D eigenvalue weighted by Gasteiger charge is -2.29. The van der Waals surface area contributed by atoms with Gasteiger partial charge in [-0.2, -0.15) is 0 Å². The van der Waals surface area contributed by atoms with Crippen LogP contribution in [0.2, 0.25) is 0 Å². The summed E-state index contributed by atoms with van der Waals surface area (Å²) in [5, 5.41) is 14.0. The van der Waals surface area contributed by atoms with Crippen LogP contribution in [0.5, 0.6) is 0 Å². The first-order valence-electron chi connectivity index (χ1n) is 6.54. The second-order valence-corrected chi connectivity index (χ2v) is 4.82. The third-order valence-corrected chi connectivity index (χ3v) is 3.11. The lowest BCUT2D eigenvalue weighted by atomic mass is 10.2. The van der Waals surface area contributed by atoms with Gasteiger partial charge in [0.25, 0.3) is 0 Å². The SMILES string of the molecule is CC(CN1CCOCC1)Nc1nc(N)ccc1[N+](=O)[O-]. The molecular weight excluding hydrogens is 262 g/mol. The molecule has 2 heterocycles. The van der Waals surface area contributed by atoms with Gasteiger partial charge in [0.05, 0.1) is 18.1 Å². The van der Waals surface area contributed by atoms with E-state index in [1.165, 1.54) is 12.1 Å². The first-order valence-corrected chi connectivity index (χ1v) is 6.54. The summed E-state index contributed by atoms with van der Waals surface area (Å²) in [5.41, 5.74) is 5.52. The molecule has 1 aromatic rings. The lowest BCUT2D eigenvalue weighted by molar-refractivity contribution is -0.384. The van der Waals surface area contributed by atoms with Gasteiger partial charge in [0.2, 0.25) is 5.82 Å². The van der Waals surface area contributed by atoms with Crippen molar-refractivity contribution < 1.29 is 9.66 Å². The summed E-state index contributed by atoms with van der Waals surface area (Å²) in [6.45, 7) is 5.94. The van der Waals surface area contributed by atoms with E-state index < -0.39 is 4.92 Å². The Morgan fingerprint density at radius 1 is 1.55 bits per heavy atom. The lowest BCUT2D eigenvalue weighted by Crippen LogP contribution is -2.42. The highest BCUT2D eigenvalue weighted by molar-refractivity contribution is 5.59. The molecule has 8 nitrogen and oxygen atoms in total. The summed E-state index contributed by atoms with van der Waals surface area (Å²) in [6, 6.07) is 2.82. The Labute approximate surface area is 117 Å². The van der Waals surface area contributed by atoms with Crippen LogP contribution in [-0.2, 0) is 4.74 Å². The maximum Gasteiger partial charge on any atom is 0.311 e. The number of hydrogen-bond acceptors (Lipinski definition) is 7. The Kier molecular flexibility index (Phi) is 4.70. The van der Waals surface area contributed by atoms with E-state index in [2.05, 4.69) is 15.2 Å². The number of hydrogen-bond donors (Lipinski definition) is 2. The number of nitrogens with one attached hydrogen (secondary N) is 1. The van der Waals surface area contributed by atoms with E-state index in [1.54, 1.807) is 0 Å². The largest absolute Gasteiger partial charge is 0.384 e. The molecule has 0 amide bonds. The molecular formula is C12H19N5O3. The van der Waals surface area contributed by atoms with Crippen molar-refractivity contribution in [1.82, 2.24) is 9.88 Å². The third-order valence-electron chi connectivity index (χ3n) is 3.11. The number of ether oxygens (including phenoxy) is 1. The molecule has 0 spiro atoms. The summed E-state index contributed by atoms with van der Waals surface area (Å²) in [6.07, 6.45) is 0. The second-order valence-electron chi connectivity index (χ2n) is 4.82. The van der Waals surface area contributed by atoms with Crippen molar-refractivity contribution in [1.29, 1.82) is 0 Å². The standard InChI is InChI=1S/C12H19N5O3/c1-9(8-16-4-6-20-7-5-16)14-12-10(17(18)19)2-3-11(13)15-12/h2-3,9H,4-8H2,1H3,(H3,13,14,15). The van der Waals surface area contributed by atoms with E-state index in [-0.39, 0.29) is 23.4 Å². The summed E-state index contributed by atoms with van der Waals surface area (Å²) >= 11 is 0. The number of nitro groups is 1. The smallest absolute Gasteiger partial charge is 0.311 e. The van der Waals surface area contributed by atoms with Crippen LogP contribution in [0.15, 0.2) is 12.1 Å². The first-order chi connectivity index (χ1) is 9.56. The van der Waals surface area contributed by atoms with Gasteiger partial charge in [-0.05, 0) is 13.0 Å². The molecule has 0 bridgehead atoms. The molecule has 1 aliphatic heterocycles. The first kappa shape index (κ1) is 14.5. The monoisotopic (exact) mass is 281 g/mol. The van der Waals surface area contributed by atoms with Crippen LogP contribution < -0.4 is 11.1 Å². The maximum atomic E-state index is 11.0. The highest BCUT2D eigenvalue weighted by atomic mass is 16.6. The molecule has 0 radical (unpaired) electrons. The highest BCUT2D eigenvalue weighted by Crippen LogP contribution is 2.23. The van der Waals surface area contributed by atoms with Gasteiger partial charge >= 0.3 is 5.69 Å². The number of aromatic nitrogens is 1. The minimum atomic E-state index is -0.462. The Morgan fingerprint density at radius 3 is 2.90 bits per heavy atom. The van der Waals surface area contributed by atoms with Crippen molar-refractivity contribution in [3.05, 3.63) is 22.2 Å². The van der Waals surface area contributed by atoms with Gasteiger partial charge in [0.1, 0.15) is 5.82 Å². The van der Waals surface area contributed by atoms with Gasteiger partial charge in [-0.3, -0.25) is 15.0 Å². The summed E-state index contributed by atoms with van der Waals surface area (Å²) in [5.74, 6) is 0.479. The molecule has 110 valence electrons. The number of nitrogens with zero attached hydrogens (tertiary/aromatic N) is 3. The van der Waals surface area contributed by atoms with E-state index in [1.807, 2.05) is 6.92 Å². The van der Waals surface area contributed by atoms with Crippen LogP contribution in [0.1, 0.15) is 6.92 Å². The number of nitrogen functional groups attached to an aromatic ring is 1. The summed E-state index contributed by atoms with van der Waals surface area (Å²) in [7, 11) is 0. The Hall–Kier alpha value is -1.93. The highest BCUT2D eigenvalue weighted by Gasteiger charge is 2.19. The third kappa shape index (κ3) is 3.78. The Morgan fingerprint density at radius 2 is 2.25 bits per heavy atom. The fraction of sp³-hybridized carbons (Fsp3) is 0.583. The predicted octanol–water partition coefficient (Wildman–Crippen LogP) is 0.705. The van der Waals surface area contributed by atoms with E-state index >= 15 is 0 Å². The van der Waals surface area contributed by atoms with E-state index in [0.29, 0.717) is 0 Å². The Bertz CT molecular complexity index is 476. The average molecular weight is 281 g/mol. The number of rotatable bonds is 5. The predicted molar refractivity (Wildman–Crippen MR) is 75.6 cm³/mol. The molecule has 0 aromatic carbocycles. The summed E-state index contributed by atoms with van der Waals surface area (Å²) < 4.78 is 5.29. The number of morpholine rings is 1. The van der Waals surface area contributed by atoms with Gasteiger partial charge in [-0.25, -0.2) is 4.98 Å². The molecule has 0 aliphatic carbocycles. The summed E-state index contributed by atoms with van der Waals surface area (Å²) in [4.78, 5) is 16.8. The van der Waals surface area contributed by atoms with Gasteiger partial charge in [0.15, 0.2) is 0 Å². The van der Waals surface area contributed by atoms with Crippen molar-refractivity contribution in [2.24, 2.45) is 0 Å². The Balaban J connectivity index is 2.00. The minimum Gasteiger partial charge on any atom is -0.384 e. The normalized spacial score (nSPS) is 17.6. The van der Waals surface area contributed by atoms with Gasteiger partial charge in [-0.15, -0.1) is 0 Å². The van der Waals surface area contributed by atoms with Crippen molar-refractivity contribution in [3.63, 3.8) is 0 Å². The zero-order chi connectivity index (χ0) is 14.5. The number of nitrogens with two attached hydrogens (primary N) is 1. The van der Waals surface area contributed by atoms with Crippen LogP contribution in [0.4, 0.5) is 17.3 Å². The van der Waals surface area contributed by atoms with Crippen molar-refractivity contribution in [2.45, 2.75) is 13.0 Å². The van der Waals surface area contributed by atoms with Gasteiger partial charge in [-0.1, -0.05) is 0 Å². The molecule has 3 N–H and O–H groups in total. The molecule has 8 heteroatoms. The zero-order valence-corrected chi connectivity index (χ0v) is 11.4. The van der Waals surface area contributed by atoms with E-state index in [9.17, 15) is 10.1 Å². The molecule has 1 atom stereocenters. The van der Waals surface area contributed by atoms with Gasteiger partial charge < -0.3 is 15.8 Å². The molecule has 0 saturated carbocycles. The van der Waals surface area contributed by atoms with Crippen LogP contribution in [0.3, 0.4) is 0 Å². The molecule has 1 unspecified atom stereocenters. The van der Waals surface area contributed by atoms with E-state index in [4.69, 9.17) is 10.5 Å². The van der Waals surface area contributed by atoms with Crippen LogP contribution in [0, 0.1) is 10.1 Å². The molecule has 1 aliphatic rings. The topological polar surface area (TPSA) is 107 Å². The van der Waals surface area contributed by atoms with Crippen LogP contribution >= 0.6 is 0 Å². The van der Waals surface area contributed by atoms with Crippen molar-refractivity contribution >= 4 is 17.3 Å². The number of anilines is 2. The average Bonchev–Trinajstić information content (AvgIpc) is 2.39. The van der Waals surface area contributed by atoms with Gasteiger partial charge in [0, 0.05) is 31.7 Å². The maximum absolute atomic E-state index is 11.0. The molecule has 1 saturated heterocycles.